The molecule has 1 unspecified atom stereocenters. The number of rotatable bonds is 7. The fraction of sp³-hybridized carbons (Fsp3) is 0.750. The number of amides is 3. The predicted molar refractivity (Wildman–Crippen MR) is 70.6 cm³/mol. The van der Waals surface area contributed by atoms with Gasteiger partial charge in [0.25, 0.3) is 0 Å². The molecule has 1 rings (SSSR count). The molecule has 0 saturated carbocycles. The topological polar surface area (TPSA) is 66.5 Å². The molecule has 0 spiro atoms. The van der Waals surface area contributed by atoms with Crippen molar-refractivity contribution in [3.63, 3.8) is 0 Å². The molecule has 102 valence electrons. The number of carbonyl (C=O) groups excluding carboxylic acids is 3. The molecule has 1 saturated heterocycles. The average Bonchev–Trinajstić information content (AvgIpc) is 2.55. The Morgan fingerprint density at radius 1 is 1.39 bits per heavy atom. The summed E-state index contributed by atoms with van der Waals surface area (Å²) in [5.74, 6) is -0.248. The number of likely N-dealkylation sites (tertiary alicyclic amines) is 1. The second kappa shape index (κ2) is 7.41. The minimum atomic E-state index is -0.162. The number of hydrogen-bond donors (Lipinski definition) is 1. The van der Waals surface area contributed by atoms with Crippen LogP contribution < -0.4 is 4.72 Å². The second-order valence-electron chi connectivity index (χ2n) is 4.53. The third-order valence-corrected chi connectivity index (χ3v) is 3.40. The molecule has 1 aliphatic heterocycles. The molecule has 0 aromatic heterocycles. The highest BCUT2D eigenvalue weighted by Crippen LogP contribution is 2.19. The van der Waals surface area contributed by atoms with Crippen LogP contribution in [0.1, 0.15) is 39.0 Å². The second-order valence-corrected chi connectivity index (χ2v) is 5.14. The monoisotopic (exact) mass is 272 g/mol. The molecule has 1 atom stereocenters. The first-order chi connectivity index (χ1) is 8.56. The van der Waals surface area contributed by atoms with Crippen LogP contribution in [-0.4, -0.2) is 35.4 Å². The van der Waals surface area contributed by atoms with Gasteiger partial charge in [-0.15, -0.1) is 0 Å². The molecule has 0 bridgehead atoms. The van der Waals surface area contributed by atoms with Crippen molar-refractivity contribution in [3.05, 3.63) is 0 Å². The minimum absolute atomic E-state index is 0.0319. The maximum absolute atomic E-state index is 11.6. The summed E-state index contributed by atoms with van der Waals surface area (Å²) in [5.41, 5.74) is 0. The van der Waals surface area contributed by atoms with Crippen LogP contribution in [0.5, 0.6) is 0 Å². The van der Waals surface area contributed by atoms with Crippen molar-refractivity contribution >= 4 is 29.7 Å². The van der Waals surface area contributed by atoms with Crippen LogP contribution in [0, 0.1) is 5.92 Å². The SMILES string of the molecule is CSNC(=O)CCCCCN1C(=O)CC(C)C1=O. The summed E-state index contributed by atoms with van der Waals surface area (Å²) in [6.07, 6.45) is 5.07. The lowest BCUT2D eigenvalue weighted by Gasteiger charge is -2.13. The van der Waals surface area contributed by atoms with Crippen LogP contribution in [0.2, 0.25) is 0 Å². The minimum Gasteiger partial charge on any atom is -0.300 e. The molecule has 6 heteroatoms. The lowest BCUT2D eigenvalue weighted by atomic mass is 10.1. The van der Waals surface area contributed by atoms with E-state index in [0.29, 0.717) is 19.4 Å². The molecule has 1 aliphatic rings. The first-order valence-corrected chi connectivity index (χ1v) is 7.44. The molecule has 0 radical (unpaired) electrons. The van der Waals surface area contributed by atoms with Gasteiger partial charge in [0, 0.05) is 31.6 Å². The number of imide groups is 1. The highest BCUT2D eigenvalue weighted by atomic mass is 32.2. The largest absolute Gasteiger partial charge is 0.300 e. The number of nitrogens with one attached hydrogen (secondary N) is 1. The zero-order valence-corrected chi connectivity index (χ0v) is 11.7. The lowest BCUT2D eigenvalue weighted by Crippen LogP contribution is -2.31. The van der Waals surface area contributed by atoms with Gasteiger partial charge in [-0.2, -0.15) is 0 Å². The summed E-state index contributed by atoms with van der Waals surface area (Å²) in [6.45, 7) is 2.28. The van der Waals surface area contributed by atoms with Crippen molar-refractivity contribution in [1.29, 1.82) is 0 Å². The van der Waals surface area contributed by atoms with Gasteiger partial charge in [0.05, 0.1) is 0 Å². The van der Waals surface area contributed by atoms with E-state index in [2.05, 4.69) is 4.72 Å². The van der Waals surface area contributed by atoms with Gasteiger partial charge in [0.2, 0.25) is 17.7 Å². The van der Waals surface area contributed by atoms with E-state index in [-0.39, 0.29) is 23.6 Å². The van der Waals surface area contributed by atoms with Gasteiger partial charge in [-0.3, -0.25) is 19.3 Å². The Bertz CT molecular complexity index is 333. The van der Waals surface area contributed by atoms with E-state index >= 15 is 0 Å². The maximum atomic E-state index is 11.6. The Labute approximate surface area is 112 Å². The molecule has 18 heavy (non-hydrogen) atoms. The maximum Gasteiger partial charge on any atom is 0.232 e. The van der Waals surface area contributed by atoms with E-state index in [1.165, 1.54) is 16.8 Å². The van der Waals surface area contributed by atoms with Gasteiger partial charge < -0.3 is 4.72 Å². The number of unbranched alkanes of at least 4 members (excludes halogenated alkanes) is 2. The third kappa shape index (κ3) is 4.33. The summed E-state index contributed by atoms with van der Waals surface area (Å²) < 4.78 is 2.66. The first kappa shape index (κ1) is 15.0. The summed E-state index contributed by atoms with van der Waals surface area (Å²) in [7, 11) is 0. The third-order valence-electron chi connectivity index (χ3n) is 2.97. The zero-order chi connectivity index (χ0) is 13.5. The Hall–Kier alpha value is -1.04. The van der Waals surface area contributed by atoms with E-state index in [0.717, 1.165) is 19.3 Å². The van der Waals surface area contributed by atoms with Crippen molar-refractivity contribution in [2.75, 3.05) is 12.8 Å². The van der Waals surface area contributed by atoms with Crippen LogP contribution in [0.4, 0.5) is 0 Å². The highest BCUT2D eigenvalue weighted by molar-refractivity contribution is 7.97. The molecule has 0 aliphatic carbocycles. The lowest BCUT2D eigenvalue weighted by molar-refractivity contribution is -0.139. The van der Waals surface area contributed by atoms with Gasteiger partial charge in [0.15, 0.2) is 0 Å². The Morgan fingerprint density at radius 2 is 2.11 bits per heavy atom. The highest BCUT2D eigenvalue weighted by Gasteiger charge is 2.34. The fourth-order valence-corrected chi connectivity index (χ4v) is 2.31. The predicted octanol–water partition coefficient (Wildman–Crippen LogP) is 1.34. The summed E-state index contributed by atoms with van der Waals surface area (Å²) >= 11 is 1.30. The van der Waals surface area contributed by atoms with Crippen molar-refractivity contribution < 1.29 is 14.4 Å². The molecule has 0 aromatic rings. The van der Waals surface area contributed by atoms with E-state index in [9.17, 15) is 14.4 Å². The van der Waals surface area contributed by atoms with E-state index in [1.54, 1.807) is 6.92 Å². The average molecular weight is 272 g/mol. The van der Waals surface area contributed by atoms with E-state index in [1.807, 2.05) is 6.26 Å². The molecule has 0 aromatic carbocycles. The van der Waals surface area contributed by atoms with Gasteiger partial charge in [-0.25, -0.2) is 0 Å². The molecule has 1 N–H and O–H groups in total. The number of hydrogen-bond acceptors (Lipinski definition) is 4. The molecule has 3 amide bonds. The molecular weight excluding hydrogens is 252 g/mol. The molecule has 1 heterocycles. The zero-order valence-electron chi connectivity index (χ0n) is 10.9. The van der Waals surface area contributed by atoms with Crippen LogP contribution in [0.15, 0.2) is 0 Å². The standard InChI is InChI=1S/C12H20N2O3S/c1-9-8-11(16)14(12(9)17)7-5-3-4-6-10(15)13-18-2/h9H,3-8H2,1-2H3,(H,13,15). The van der Waals surface area contributed by atoms with Crippen molar-refractivity contribution in [3.8, 4) is 0 Å². The van der Waals surface area contributed by atoms with E-state index < -0.39 is 0 Å². The van der Waals surface area contributed by atoms with Crippen LogP contribution >= 0.6 is 11.9 Å². The molecule has 5 nitrogen and oxygen atoms in total. The van der Waals surface area contributed by atoms with Gasteiger partial charge in [-0.05, 0) is 12.8 Å². The summed E-state index contributed by atoms with van der Waals surface area (Å²) in [6, 6.07) is 0. The van der Waals surface area contributed by atoms with Gasteiger partial charge in [0.1, 0.15) is 0 Å². The Morgan fingerprint density at radius 3 is 2.67 bits per heavy atom. The first-order valence-electron chi connectivity index (χ1n) is 6.22. The van der Waals surface area contributed by atoms with Crippen molar-refractivity contribution in [1.82, 2.24) is 9.62 Å². The number of carbonyl (C=O) groups is 3. The van der Waals surface area contributed by atoms with Crippen LogP contribution in [0.3, 0.4) is 0 Å². The summed E-state index contributed by atoms with van der Waals surface area (Å²) in [5, 5.41) is 0. The smallest absolute Gasteiger partial charge is 0.232 e. The van der Waals surface area contributed by atoms with Crippen LogP contribution in [0.25, 0.3) is 0 Å². The molecular formula is C12H20N2O3S. The normalized spacial score (nSPS) is 19.4. The molecule has 1 fully saturated rings. The quantitative estimate of drug-likeness (QED) is 0.431. The summed E-state index contributed by atoms with van der Waals surface area (Å²) in [4.78, 5) is 35.6. The van der Waals surface area contributed by atoms with Crippen molar-refractivity contribution in [2.45, 2.75) is 39.0 Å². The van der Waals surface area contributed by atoms with Crippen LogP contribution in [-0.2, 0) is 14.4 Å². The Balaban J connectivity index is 2.13. The Kier molecular flexibility index (Phi) is 6.18. The van der Waals surface area contributed by atoms with Gasteiger partial charge >= 0.3 is 0 Å². The number of nitrogens with zero attached hydrogens (tertiary/aromatic N) is 1. The van der Waals surface area contributed by atoms with E-state index in [4.69, 9.17) is 0 Å². The van der Waals surface area contributed by atoms with Crippen molar-refractivity contribution in [2.24, 2.45) is 5.92 Å². The fourth-order valence-electron chi connectivity index (χ4n) is 1.98. The van der Waals surface area contributed by atoms with Gasteiger partial charge in [-0.1, -0.05) is 25.3 Å².